The normalized spacial score (nSPS) is 10.3. The molecule has 3 heteroatoms. The van der Waals surface area contributed by atoms with Crippen molar-refractivity contribution in [3.05, 3.63) is 47.4 Å². The molecule has 2 nitrogen and oxygen atoms in total. The topological polar surface area (TPSA) is 32.9 Å². The molecule has 0 aliphatic heterocycles. The molecule has 0 atom stereocenters. The lowest BCUT2D eigenvalue weighted by Crippen LogP contribution is -1.79. The molecule has 0 unspecified atom stereocenters. The summed E-state index contributed by atoms with van der Waals surface area (Å²) in [6.07, 6.45) is 0.804. The number of aldehydes is 1. The fourth-order valence-corrected chi connectivity index (χ4v) is 1.48. The first-order valence-electron chi connectivity index (χ1n) is 4.61. The summed E-state index contributed by atoms with van der Waals surface area (Å²) in [6.45, 7) is 1.83. The Kier molecular flexibility index (Phi) is 2.37. The van der Waals surface area contributed by atoms with Gasteiger partial charge in [-0.1, -0.05) is 0 Å². The van der Waals surface area contributed by atoms with Gasteiger partial charge in [-0.15, -0.1) is 0 Å². The molecule has 0 saturated carbocycles. The lowest BCUT2D eigenvalue weighted by Gasteiger charge is -1.96. The predicted octanol–water partition coefficient (Wildman–Crippen LogP) is 2.94. The van der Waals surface area contributed by atoms with E-state index in [1.54, 1.807) is 18.2 Å². The van der Waals surface area contributed by atoms with Crippen molar-refractivity contribution in [1.29, 1.82) is 0 Å². The molecule has 1 N–H and O–H groups in total. The van der Waals surface area contributed by atoms with Crippen LogP contribution in [0.3, 0.4) is 0 Å². The standard InChI is InChI=1S/C12H10FNO/c1-8-10(7-15)6-12(14-8)9-2-4-11(13)5-3-9/h2-7,14H,1H3. The number of aromatic amines is 1. The van der Waals surface area contributed by atoms with E-state index < -0.39 is 0 Å². The minimum atomic E-state index is -0.266. The van der Waals surface area contributed by atoms with Crippen LogP contribution in [0.1, 0.15) is 16.1 Å². The Hall–Kier alpha value is -1.90. The Labute approximate surface area is 86.8 Å². The second kappa shape index (κ2) is 3.69. The van der Waals surface area contributed by atoms with Crippen LogP contribution in [0.2, 0.25) is 0 Å². The highest BCUT2D eigenvalue weighted by Gasteiger charge is 2.05. The van der Waals surface area contributed by atoms with Gasteiger partial charge in [0.2, 0.25) is 0 Å². The molecule has 0 radical (unpaired) electrons. The minimum absolute atomic E-state index is 0.266. The first-order valence-corrected chi connectivity index (χ1v) is 4.61. The number of hydrogen-bond acceptors (Lipinski definition) is 1. The number of halogens is 1. The summed E-state index contributed by atoms with van der Waals surface area (Å²) in [5, 5.41) is 0. The van der Waals surface area contributed by atoms with Crippen LogP contribution in [0, 0.1) is 12.7 Å². The molecule has 0 aliphatic rings. The number of benzene rings is 1. The van der Waals surface area contributed by atoms with Gasteiger partial charge in [-0.05, 0) is 42.8 Å². The van der Waals surface area contributed by atoms with E-state index in [0.29, 0.717) is 5.56 Å². The smallest absolute Gasteiger partial charge is 0.151 e. The first-order chi connectivity index (χ1) is 7.20. The summed E-state index contributed by atoms with van der Waals surface area (Å²) in [5.74, 6) is -0.266. The third-order valence-electron chi connectivity index (χ3n) is 2.34. The van der Waals surface area contributed by atoms with E-state index in [4.69, 9.17) is 0 Å². The summed E-state index contributed by atoms with van der Waals surface area (Å²) in [5.41, 5.74) is 3.15. The minimum Gasteiger partial charge on any atom is -0.358 e. The fraction of sp³-hybridized carbons (Fsp3) is 0.0833. The molecule has 0 aliphatic carbocycles. The van der Waals surface area contributed by atoms with Gasteiger partial charge in [0.1, 0.15) is 5.82 Å². The van der Waals surface area contributed by atoms with E-state index in [9.17, 15) is 9.18 Å². The van der Waals surface area contributed by atoms with Crippen molar-refractivity contribution in [2.75, 3.05) is 0 Å². The highest BCUT2D eigenvalue weighted by atomic mass is 19.1. The quantitative estimate of drug-likeness (QED) is 0.748. The number of aromatic nitrogens is 1. The van der Waals surface area contributed by atoms with Gasteiger partial charge in [-0.2, -0.15) is 0 Å². The number of H-pyrrole nitrogens is 1. The maximum Gasteiger partial charge on any atom is 0.151 e. The van der Waals surface area contributed by atoms with Gasteiger partial charge in [0, 0.05) is 17.0 Å². The van der Waals surface area contributed by atoms with Crippen LogP contribution in [-0.2, 0) is 0 Å². The molecular formula is C12H10FNO. The number of hydrogen-bond donors (Lipinski definition) is 1. The van der Waals surface area contributed by atoms with Crippen LogP contribution in [-0.4, -0.2) is 11.3 Å². The number of aryl methyl sites for hydroxylation is 1. The van der Waals surface area contributed by atoms with E-state index in [2.05, 4.69) is 4.98 Å². The SMILES string of the molecule is Cc1[nH]c(-c2ccc(F)cc2)cc1C=O. The van der Waals surface area contributed by atoms with E-state index in [-0.39, 0.29) is 5.82 Å². The molecular weight excluding hydrogens is 193 g/mol. The molecule has 0 saturated heterocycles. The van der Waals surface area contributed by atoms with E-state index >= 15 is 0 Å². The van der Waals surface area contributed by atoms with E-state index in [1.807, 2.05) is 6.92 Å². The Bertz CT molecular complexity index is 485. The van der Waals surface area contributed by atoms with Crippen molar-refractivity contribution < 1.29 is 9.18 Å². The highest BCUT2D eigenvalue weighted by Crippen LogP contribution is 2.20. The van der Waals surface area contributed by atoms with Crippen molar-refractivity contribution in [2.45, 2.75) is 6.92 Å². The van der Waals surface area contributed by atoms with Crippen LogP contribution >= 0.6 is 0 Å². The molecule has 0 fully saturated rings. The van der Waals surface area contributed by atoms with Gasteiger partial charge in [-0.3, -0.25) is 4.79 Å². The van der Waals surface area contributed by atoms with E-state index in [1.165, 1.54) is 12.1 Å². The average Bonchev–Trinajstić information content (AvgIpc) is 2.61. The zero-order valence-corrected chi connectivity index (χ0v) is 8.25. The van der Waals surface area contributed by atoms with Crippen LogP contribution < -0.4 is 0 Å². The fourth-order valence-electron chi connectivity index (χ4n) is 1.48. The Morgan fingerprint density at radius 2 is 1.93 bits per heavy atom. The number of carbonyl (C=O) groups is 1. The highest BCUT2D eigenvalue weighted by molar-refractivity contribution is 5.80. The average molecular weight is 203 g/mol. The van der Waals surface area contributed by atoms with Gasteiger partial charge in [0.15, 0.2) is 6.29 Å². The molecule has 1 aromatic heterocycles. The van der Waals surface area contributed by atoms with Crippen LogP contribution in [0.5, 0.6) is 0 Å². The van der Waals surface area contributed by atoms with Gasteiger partial charge in [0.05, 0.1) is 0 Å². The molecule has 76 valence electrons. The molecule has 0 amide bonds. The monoisotopic (exact) mass is 203 g/mol. The Morgan fingerprint density at radius 1 is 1.27 bits per heavy atom. The summed E-state index contributed by atoms with van der Waals surface area (Å²) in [6, 6.07) is 7.90. The van der Waals surface area contributed by atoms with Gasteiger partial charge < -0.3 is 4.98 Å². The van der Waals surface area contributed by atoms with Crippen LogP contribution in [0.25, 0.3) is 11.3 Å². The molecule has 15 heavy (non-hydrogen) atoms. The lowest BCUT2D eigenvalue weighted by molar-refractivity contribution is 0.112. The molecule has 1 heterocycles. The Balaban J connectivity index is 2.45. The van der Waals surface area contributed by atoms with Crippen molar-refractivity contribution >= 4 is 6.29 Å². The molecule has 2 aromatic rings. The predicted molar refractivity (Wildman–Crippen MR) is 56.3 cm³/mol. The summed E-state index contributed by atoms with van der Waals surface area (Å²) in [7, 11) is 0. The van der Waals surface area contributed by atoms with Crippen molar-refractivity contribution in [3.8, 4) is 11.3 Å². The molecule has 1 aromatic carbocycles. The van der Waals surface area contributed by atoms with Gasteiger partial charge >= 0.3 is 0 Å². The van der Waals surface area contributed by atoms with Crippen molar-refractivity contribution in [1.82, 2.24) is 4.98 Å². The summed E-state index contributed by atoms with van der Waals surface area (Å²) in [4.78, 5) is 13.7. The molecule has 0 spiro atoms. The number of carbonyl (C=O) groups excluding carboxylic acids is 1. The number of rotatable bonds is 2. The maximum absolute atomic E-state index is 12.7. The second-order valence-electron chi connectivity index (χ2n) is 3.39. The maximum atomic E-state index is 12.7. The largest absolute Gasteiger partial charge is 0.358 e. The first kappa shape index (κ1) is 9.65. The van der Waals surface area contributed by atoms with Gasteiger partial charge in [0.25, 0.3) is 0 Å². The zero-order chi connectivity index (χ0) is 10.8. The van der Waals surface area contributed by atoms with E-state index in [0.717, 1.165) is 23.2 Å². The van der Waals surface area contributed by atoms with Crippen LogP contribution in [0.15, 0.2) is 30.3 Å². The zero-order valence-electron chi connectivity index (χ0n) is 8.25. The Morgan fingerprint density at radius 3 is 2.47 bits per heavy atom. The second-order valence-corrected chi connectivity index (χ2v) is 3.39. The lowest BCUT2D eigenvalue weighted by atomic mass is 10.1. The van der Waals surface area contributed by atoms with Crippen molar-refractivity contribution in [3.63, 3.8) is 0 Å². The number of nitrogens with one attached hydrogen (secondary N) is 1. The summed E-state index contributed by atoms with van der Waals surface area (Å²) < 4.78 is 12.7. The third kappa shape index (κ3) is 1.81. The molecule has 0 bridgehead atoms. The van der Waals surface area contributed by atoms with Crippen LogP contribution in [0.4, 0.5) is 4.39 Å². The summed E-state index contributed by atoms with van der Waals surface area (Å²) >= 11 is 0. The van der Waals surface area contributed by atoms with Gasteiger partial charge in [-0.25, -0.2) is 4.39 Å². The molecule has 2 rings (SSSR count). The van der Waals surface area contributed by atoms with Crippen molar-refractivity contribution in [2.24, 2.45) is 0 Å². The third-order valence-corrected chi connectivity index (χ3v) is 2.34.